The van der Waals surface area contributed by atoms with Gasteiger partial charge in [-0.25, -0.2) is 0 Å². The highest BCUT2D eigenvalue weighted by Crippen LogP contribution is 2.43. The van der Waals surface area contributed by atoms with Gasteiger partial charge in [-0.3, -0.25) is 4.52 Å². The summed E-state index contributed by atoms with van der Waals surface area (Å²) in [6.45, 7) is 25.5. The second-order valence-corrected chi connectivity index (χ2v) is 14.0. The molecule has 0 N–H and O–H groups in total. The van der Waals surface area contributed by atoms with Crippen LogP contribution in [-0.2, 0) is 23.7 Å². The number of hydrogen-bond acceptors (Lipinski definition) is 3. The fraction of sp³-hybridized carbons (Fsp3) is 0.613. The van der Waals surface area contributed by atoms with Gasteiger partial charge in [-0.2, -0.15) is 0 Å². The molecule has 0 saturated heterocycles. The van der Waals surface area contributed by atoms with Crippen LogP contribution in [0.4, 0.5) is 0 Å². The van der Waals surface area contributed by atoms with Crippen molar-refractivity contribution in [2.24, 2.45) is 11.8 Å². The molecule has 0 unspecified atom stereocenters. The maximum Gasteiger partial charge on any atom is 0.387 e. The zero-order valence-corrected chi connectivity index (χ0v) is 24.9. The molecule has 4 heteroatoms. The Hall–Kier alpha value is -1.70. The summed E-state index contributed by atoms with van der Waals surface area (Å²) in [5.74, 6) is 1.15. The van der Waals surface area contributed by atoms with Crippen molar-refractivity contribution in [3.05, 3.63) is 46.5 Å². The van der Waals surface area contributed by atoms with Crippen LogP contribution in [-0.4, -0.2) is 6.61 Å². The molecule has 0 bridgehead atoms. The summed E-state index contributed by atoms with van der Waals surface area (Å²) < 4.78 is 19.5. The van der Waals surface area contributed by atoms with Crippen LogP contribution < -0.4 is 4.52 Å². The minimum Gasteiger partial charge on any atom is -0.399 e. The first-order chi connectivity index (χ1) is 16.2. The fourth-order valence-corrected chi connectivity index (χ4v) is 5.82. The predicted octanol–water partition coefficient (Wildman–Crippen LogP) is 10.1. The molecular weight excluding hydrogens is 451 g/mol. The summed E-state index contributed by atoms with van der Waals surface area (Å²) in [6, 6.07) is 9.38. The molecule has 2 aromatic carbocycles. The van der Waals surface area contributed by atoms with Crippen molar-refractivity contribution >= 4 is 30.2 Å². The molecule has 35 heavy (non-hydrogen) atoms. The summed E-state index contributed by atoms with van der Waals surface area (Å²) in [6.07, 6.45) is 2.99. The summed E-state index contributed by atoms with van der Waals surface area (Å²) in [5, 5.41) is 2.29. The second kappa shape index (κ2) is 10.7. The van der Waals surface area contributed by atoms with Gasteiger partial charge < -0.3 is 8.39 Å². The third-order valence-electron chi connectivity index (χ3n) is 6.22. The van der Waals surface area contributed by atoms with Gasteiger partial charge in [0.05, 0.1) is 6.61 Å². The van der Waals surface area contributed by atoms with Crippen molar-refractivity contribution in [3.8, 4) is 0 Å². The van der Waals surface area contributed by atoms with Crippen LogP contribution in [0.3, 0.4) is 0 Å². The third-order valence-corrected chi connectivity index (χ3v) is 7.28. The molecule has 3 nitrogen and oxygen atoms in total. The minimum absolute atomic E-state index is 0.0737. The van der Waals surface area contributed by atoms with E-state index in [1.165, 1.54) is 22.3 Å². The summed E-state index contributed by atoms with van der Waals surface area (Å²) in [5.41, 5.74) is 6.85. The highest BCUT2D eigenvalue weighted by atomic mass is 31.1. The summed E-state index contributed by atoms with van der Waals surface area (Å²) in [7, 11) is -1.56. The average molecular weight is 499 g/mol. The maximum absolute atomic E-state index is 6.67. The van der Waals surface area contributed by atoms with Crippen molar-refractivity contribution in [2.45, 2.75) is 106 Å². The van der Waals surface area contributed by atoms with E-state index in [9.17, 15) is 0 Å². The SMILES string of the molecule is CCCOp1oc2c(C(C)(C)C)cc(CC(C)C)cc2c2cc(CC(C)C)cc(C(C)(C)C)c2o1. The Labute approximate surface area is 214 Å². The largest absolute Gasteiger partial charge is 0.399 e. The van der Waals surface area contributed by atoms with Gasteiger partial charge in [-0.1, -0.05) is 88.3 Å². The maximum atomic E-state index is 6.67. The highest BCUT2D eigenvalue weighted by molar-refractivity contribution is 7.31. The zero-order chi connectivity index (χ0) is 26.1. The summed E-state index contributed by atoms with van der Waals surface area (Å²) in [4.78, 5) is 0. The summed E-state index contributed by atoms with van der Waals surface area (Å²) >= 11 is 0. The molecule has 0 aliphatic heterocycles. The van der Waals surface area contributed by atoms with Crippen LogP contribution in [0.1, 0.15) is 105 Å². The molecule has 3 rings (SSSR count). The standard InChI is InChI=1S/C31H47O3P/c1-12-13-32-35-33-28-24(16-22(14-20(2)3)18-26(28)30(6,7)8)25-17-23(15-21(4)5)19-27(29(25)34-35)31(9,10)11/h16-21H,12-15H2,1-11H3. The van der Waals surface area contributed by atoms with Crippen LogP contribution in [0.2, 0.25) is 0 Å². The first kappa shape index (κ1) is 27.9. The smallest absolute Gasteiger partial charge is 0.387 e. The van der Waals surface area contributed by atoms with Crippen molar-refractivity contribution in [2.75, 3.05) is 6.61 Å². The molecule has 0 aliphatic carbocycles. The molecule has 194 valence electrons. The van der Waals surface area contributed by atoms with E-state index in [2.05, 4.69) is 100 Å². The first-order valence-electron chi connectivity index (χ1n) is 13.3. The zero-order valence-electron chi connectivity index (χ0n) is 24.0. The van der Waals surface area contributed by atoms with Gasteiger partial charge in [0.25, 0.3) is 0 Å². The van der Waals surface area contributed by atoms with Gasteiger partial charge in [0.2, 0.25) is 0 Å². The van der Waals surface area contributed by atoms with Crippen LogP contribution in [0.25, 0.3) is 21.9 Å². The van der Waals surface area contributed by atoms with E-state index in [1.807, 2.05) is 0 Å². The number of fused-ring (bicyclic) bond motifs is 3. The van der Waals surface area contributed by atoms with E-state index in [0.717, 1.165) is 41.2 Å². The van der Waals surface area contributed by atoms with Crippen LogP contribution in [0.5, 0.6) is 0 Å². The second-order valence-electron chi connectivity index (χ2n) is 13.0. The molecule has 0 saturated carbocycles. The molecule has 0 fully saturated rings. The van der Waals surface area contributed by atoms with Crippen molar-refractivity contribution in [1.29, 1.82) is 0 Å². The minimum atomic E-state index is -1.56. The Morgan fingerprint density at radius 2 is 1.11 bits per heavy atom. The topological polar surface area (TPSA) is 35.5 Å². The number of benzene rings is 2. The fourth-order valence-electron chi connectivity index (χ4n) is 4.65. The Balaban J connectivity index is 2.60. The third kappa shape index (κ3) is 6.75. The molecule has 0 spiro atoms. The van der Waals surface area contributed by atoms with Crippen LogP contribution in [0.15, 0.2) is 32.7 Å². The van der Waals surface area contributed by atoms with Gasteiger partial charge >= 0.3 is 8.24 Å². The van der Waals surface area contributed by atoms with Crippen LogP contribution >= 0.6 is 8.24 Å². The molecule has 1 aromatic heterocycles. The van der Waals surface area contributed by atoms with E-state index in [1.54, 1.807) is 0 Å². The van der Waals surface area contributed by atoms with E-state index < -0.39 is 8.24 Å². The van der Waals surface area contributed by atoms with E-state index >= 15 is 0 Å². The molecule has 0 amide bonds. The monoisotopic (exact) mass is 498 g/mol. The van der Waals surface area contributed by atoms with Gasteiger partial charge in [0, 0.05) is 21.9 Å². The molecule has 0 atom stereocenters. The average Bonchev–Trinajstić information content (AvgIpc) is 2.85. The lowest BCUT2D eigenvalue weighted by molar-refractivity contribution is 0.370. The van der Waals surface area contributed by atoms with Crippen molar-refractivity contribution in [1.82, 2.24) is 0 Å². The quantitative estimate of drug-likeness (QED) is 0.325. The Morgan fingerprint density at radius 3 is 1.43 bits per heavy atom. The molecule has 0 aliphatic rings. The Kier molecular flexibility index (Phi) is 8.55. The Morgan fingerprint density at radius 1 is 0.714 bits per heavy atom. The molecule has 1 heterocycles. The Bertz CT molecular complexity index is 1110. The van der Waals surface area contributed by atoms with E-state index in [4.69, 9.17) is 12.9 Å². The van der Waals surface area contributed by atoms with E-state index in [0.29, 0.717) is 18.4 Å². The molecular formula is C31H47O3P. The van der Waals surface area contributed by atoms with Gasteiger partial charge in [-0.15, -0.1) is 0 Å². The van der Waals surface area contributed by atoms with Crippen LogP contribution in [0, 0.1) is 11.8 Å². The lowest BCUT2D eigenvalue weighted by Gasteiger charge is -2.22. The van der Waals surface area contributed by atoms with Gasteiger partial charge in [0.1, 0.15) is 11.2 Å². The van der Waals surface area contributed by atoms with Crippen molar-refractivity contribution < 1.29 is 12.9 Å². The predicted molar refractivity (Wildman–Crippen MR) is 153 cm³/mol. The van der Waals surface area contributed by atoms with Gasteiger partial charge in [-0.05, 0) is 65.2 Å². The lowest BCUT2D eigenvalue weighted by Crippen LogP contribution is -2.13. The van der Waals surface area contributed by atoms with E-state index in [-0.39, 0.29) is 10.8 Å². The molecule has 3 aromatic rings. The highest BCUT2D eigenvalue weighted by Gasteiger charge is 2.25. The first-order valence-corrected chi connectivity index (χ1v) is 14.4. The number of hydrogen-bond donors (Lipinski definition) is 0. The number of rotatable bonds is 7. The normalized spacial score (nSPS) is 12.9. The van der Waals surface area contributed by atoms with Gasteiger partial charge in [0.15, 0.2) is 0 Å². The lowest BCUT2D eigenvalue weighted by atomic mass is 9.81. The van der Waals surface area contributed by atoms with Crippen molar-refractivity contribution in [3.63, 3.8) is 0 Å². The molecule has 0 radical (unpaired) electrons.